The number of amides is 3. The van der Waals surface area contributed by atoms with E-state index in [1.165, 1.54) is 13.8 Å². The molecule has 4 N–H and O–H groups in total. The lowest BCUT2D eigenvalue weighted by Crippen LogP contribution is -2.54. The number of nitrogens with one attached hydrogen (secondary N) is 3. The third kappa shape index (κ3) is 6.72. The fraction of sp³-hybridized carbons (Fsp3) is 0.727. The van der Waals surface area contributed by atoms with E-state index < -0.39 is 29.6 Å². The highest BCUT2D eigenvalue weighted by molar-refractivity contribution is 5.88. The van der Waals surface area contributed by atoms with E-state index >= 15 is 0 Å². The van der Waals surface area contributed by atoms with Gasteiger partial charge >= 0.3 is 12.0 Å². The van der Waals surface area contributed by atoms with Crippen molar-refractivity contribution in [3.63, 3.8) is 0 Å². The summed E-state index contributed by atoms with van der Waals surface area (Å²) in [4.78, 5) is 33.5. The fourth-order valence-electron chi connectivity index (χ4n) is 1.04. The molecule has 0 bridgehead atoms. The molecule has 0 aliphatic carbocycles. The molecule has 0 fully saturated rings. The third-order valence-electron chi connectivity index (χ3n) is 1.96. The van der Waals surface area contributed by atoms with Crippen LogP contribution in [0.15, 0.2) is 0 Å². The van der Waals surface area contributed by atoms with E-state index in [1.807, 2.05) is 20.8 Å². The molecule has 0 saturated heterocycles. The summed E-state index contributed by atoms with van der Waals surface area (Å²) in [5, 5.41) is 15.9. The van der Waals surface area contributed by atoms with Crippen LogP contribution < -0.4 is 16.0 Å². The molecule has 7 heteroatoms. The molecule has 0 aromatic heterocycles. The van der Waals surface area contributed by atoms with E-state index in [9.17, 15) is 14.4 Å². The molecule has 0 aromatic carbocycles. The molecule has 3 amide bonds. The molecule has 2 unspecified atom stereocenters. The SMILES string of the molecule is CC(NC(=O)NC(C)C(=O)NC(C)(C)C)C(=O)O. The Balaban J connectivity index is 4.23. The maximum atomic E-state index is 11.6. The van der Waals surface area contributed by atoms with Crippen LogP contribution in [-0.4, -0.2) is 40.6 Å². The normalized spacial score (nSPS) is 14.3. The van der Waals surface area contributed by atoms with Crippen LogP contribution in [0.3, 0.4) is 0 Å². The summed E-state index contributed by atoms with van der Waals surface area (Å²) in [5.74, 6) is -1.47. The van der Waals surface area contributed by atoms with Crippen LogP contribution in [0.5, 0.6) is 0 Å². The minimum Gasteiger partial charge on any atom is -0.480 e. The van der Waals surface area contributed by atoms with Crippen LogP contribution in [0.4, 0.5) is 4.79 Å². The lowest BCUT2D eigenvalue weighted by atomic mass is 10.1. The van der Waals surface area contributed by atoms with Gasteiger partial charge in [-0.05, 0) is 34.6 Å². The summed E-state index contributed by atoms with van der Waals surface area (Å²) in [6.45, 7) is 8.33. The van der Waals surface area contributed by atoms with Crippen molar-refractivity contribution in [1.29, 1.82) is 0 Å². The second-order valence-corrected chi connectivity index (χ2v) is 5.14. The van der Waals surface area contributed by atoms with Gasteiger partial charge in [-0.3, -0.25) is 9.59 Å². The summed E-state index contributed by atoms with van der Waals surface area (Å²) < 4.78 is 0. The molecule has 2 atom stereocenters. The van der Waals surface area contributed by atoms with Gasteiger partial charge in [0.25, 0.3) is 0 Å². The number of carboxylic acid groups (broad SMARTS) is 1. The second kappa shape index (κ2) is 6.23. The molecule has 0 aliphatic heterocycles. The number of carbonyl (C=O) groups excluding carboxylic acids is 2. The molecule has 0 saturated carbocycles. The lowest BCUT2D eigenvalue weighted by Gasteiger charge is -2.24. The molecule has 0 rings (SSSR count). The summed E-state index contributed by atoms with van der Waals surface area (Å²) in [6.07, 6.45) is 0. The van der Waals surface area contributed by atoms with Crippen LogP contribution in [-0.2, 0) is 9.59 Å². The van der Waals surface area contributed by atoms with Crippen molar-refractivity contribution in [2.75, 3.05) is 0 Å². The number of rotatable bonds is 4. The molecular weight excluding hydrogens is 238 g/mol. The Morgan fingerprint density at radius 1 is 1.00 bits per heavy atom. The first-order chi connectivity index (χ1) is 8.03. The number of hydrogen-bond donors (Lipinski definition) is 4. The van der Waals surface area contributed by atoms with Gasteiger partial charge < -0.3 is 21.1 Å². The number of urea groups is 1. The van der Waals surface area contributed by atoms with E-state index in [2.05, 4.69) is 16.0 Å². The molecule has 0 aromatic rings. The molecule has 0 aliphatic rings. The highest BCUT2D eigenvalue weighted by Gasteiger charge is 2.22. The summed E-state index contributed by atoms with van der Waals surface area (Å²) in [5.41, 5.74) is -0.391. The summed E-state index contributed by atoms with van der Waals surface area (Å²) in [6, 6.07) is -2.45. The lowest BCUT2D eigenvalue weighted by molar-refractivity contribution is -0.138. The first-order valence-corrected chi connectivity index (χ1v) is 5.65. The molecule has 104 valence electrons. The quantitative estimate of drug-likeness (QED) is 0.572. The Morgan fingerprint density at radius 3 is 1.83 bits per heavy atom. The van der Waals surface area contributed by atoms with Gasteiger partial charge in [-0.1, -0.05) is 0 Å². The van der Waals surface area contributed by atoms with Gasteiger partial charge in [0.1, 0.15) is 12.1 Å². The molecule has 0 radical (unpaired) electrons. The standard InChI is InChI=1S/C11H21N3O4/c1-6(8(15)14-11(3,4)5)12-10(18)13-7(2)9(16)17/h6-7H,1-5H3,(H,14,15)(H,16,17)(H2,12,13,18). The van der Waals surface area contributed by atoms with E-state index in [1.54, 1.807) is 0 Å². The monoisotopic (exact) mass is 259 g/mol. The van der Waals surface area contributed by atoms with Crippen molar-refractivity contribution >= 4 is 17.9 Å². The van der Waals surface area contributed by atoms with Crippen LogP contribution in [0, 0.1) is 0 Å². The average molecular weight is 259 g/mol. The molecular formula is C11H21N3O4. The highest BCUT2D eigenvalue weighted by Crippen LogP contribution is 1.99. The predicted molar refractivity (Wildman–Crippen MR) is 66.1 cm³/mol. The summed E-state index contributed by atoms with van der Waals surface area (Å²) >= 11 is 0. The molecule has 7 nitrogen and oxygen atoms in total. The first-order valence-electron chi connectivity index (χ1n) is 5.65. The topological polar surface area (TPSA) is 108 Å². The number of aliphatic carboxylic acids is 1. The van der Waals surface area contributed by atoms with E-state index in [-0.39, 0.29) is 5.91 Å². The van der Waals surface area contributed by atoms with Gasteiger partial charge in [-0.2, -0.15) is 0 Å². The first kappa shape index (κ1) is 16.2. The maximum Gasteiger partial charge on any atom is 0.325 e. The number of carbonyl (C=O) groups is 3. The zero-order chi connectivity index (χ0) is 14.5. The van der Waals surface area contributed by atoms with Gasteiger partial charge in [-0.15, -0.1) is 0 Å². The van der Waals surface area contributed by atoms with Crippen molar-refractivity contribution in [1.82, 2.24) is 16.0 Å². The van der Waals surface area contributed by atoms with Crippen LogP contribution >= 0.6 is 0 Å². The van der Waals surface area contributed by atoms with E-state index in [0.717, 1.165) is 0 Å². The minimum atomic E-state index is -1.14. The Bertz CT molecular complexity index is 336. The molecule has 0 heterocycles. The van der Waals surface area contributed by atoms with Crippen molar-refractivity contribution in [3.05, 3.63) is 0 Å². The Kier molecular flexibility index (Phi) is 5.61. The van der Waals surface area contributed by atoms with Gasteiger partial charge in [0.05, 0.1) is 0 Å². The average Bonchev–Trinajstić information content (AvgIpc) is 2.14. The van der Waals surface area contributed by atoms with Crippen molar-refractivity contribution < 1.29 is 19.5 Å². The smallest absolute Gasteiger partial charge is 0.325 e. The van der Waals surface area contributed by atoms with Crippen LogP contribution in [0.25, 0.3) is 0 Å². The number of hydrogen-bond acceptors (Lipinski definition) is 3. The Morgan fingerprint density at radius 2 is 1.44 bits per heavy atom. The van der Waals surface area contributed by atoms with Gasteiger partial charge in [0, 0.05) is 5.54 Å². The zero-order valence-electron chi connectivity index (χ0n) is 11.3. The minimum absolute atomic E-state index is 0.333. The van der Waals surface area contributed by atoms with Crippen molar-refractivity contribution in [2.24, 2.45) is 0 Å². The molecule has 18 heavy (non-hydrogen) atoms. The summed E-state index contributed by atoms with van der Waals surface area (Å²) in [7, 11) is 0. The van der Waals surface area contributed by atoms with Crippen LogP contribution in [0.1, 0.15) is 34.6 Å². The second-order valence-electron chi connectivity index (χ2n) is 5.14. The third-order valence-corrected chi connectivity index (χ3v) is 1.96. The Labute approximate surface area is 106 Å². The van der Waals surface area contributed by atoms with Crippen molar-refractivity contribution in [2.45, 2.75) is 52.2 Å². The molecule has 0 spiro atoms. The van der Waals surface area contributed by atoms with Crippen LogP contribution in [0.2, 0.25) is 0 Å². The number of carboxylic acids is 1. The fourth-order valence-corrected chi connectivity index (χ4v) is 1.04. The zero-order valence-corrected chi connectivity index (χ0v) is 11.3. The van der Waals surface area contributed by atoms with E-state index in [0.29, 0.717) is 0 Å². The van der Waals surface area contributed by atoms with Crippen molar-refractivity contribution in [3.8, 4) is 0 Å². The van der Waals surface area contributed by atoms with E-state index in [4.69, 9.17) is 5.11 Å². The predicted octanol–water partition coefficient (Wildman–Crippen LogP) is 0.0619. The highest BCUT2D eigenvalue weighted by atomic mass is 16.4. The largest absolute Gasteiger partial charge is 0.480 e. The van der Waals surface area contributed by atoms with Gasteiger partial charge in [0.2, 0.25) is 5.91 Å². The van der Waals surface area contributed by atoms with Gasteiger partial charge in [-0.25, -0.2) is 4.79 Å². The Hall–Kier alpha value is -1.79. The maximum absolute atomic E-state index is 11.6. The van der Waals surface area contributed by atoms with Gasteiger partial charge in [0.15, 0.2) is 0 Å².